The second kappa shape index (κ2) is 5.05. The Kier molecular flexibility index (Phi) is 3.65. The Labute approximate surface area is 105 Å². The van der Waals surface area contributed by atoms with Crippen LogP contribution in [0.4, 0.5) is 5.82 Å². The van der Waals surface area contributed by atoms with Gasteiger partial charge < -0.3 is 20.9 Å². The standard InChI is InChI=1S/C11H18N4O3/c1-3-6-8(13)9(17-2)10(18-6)15-5-4-7(12)14-11(15)16/h4-6,8-10H,3,13H2,1-2H3,(H2,12,14,16)/t6-,8+,9?,10-/m1/s1. The predicted molar refractivity (Wildman–Crippen MR) is 65.9 cm³/mol. The first-order chi connectivity index (χ1) is 8.58. The molecule has 1 aromatic heterocycles. The first kappa shape index (κ1) is 13.0. The quantitative estimate of drug-likeness (QED) is 0.751. The van der Waals surface area contributed by atoms with Crippen LogP contribution in [0.3, 0.4) is 0 Å². The predicted octanol–water partition coefficient (Wildman–Crippen LogP) is -0.525. The number of rotatable bonds is 3. The minimum absolute atomic E-state index is 0.135. The van der Waals surface area contributed by atoms with E-state index in [1.165, 1.54) is 4.57 Å². The van der Waals surface area contributed by atoms with Gasteiger partial charge in [0, 0.05) is 13.3 Å². The first-order valence-electron chi connectivity index (χ1n) is 5.87. The lowest BCUT2D eigenvalue weighted by Crippen LogP contribution is -2.42. The van der Waals surface area contributed by atoms with E-state index in [0.29, 0.717) is 0 Å². The fourth-order valence-corrected chi connectivity index (χ4v) is 2.23. The Morgan fingerprint density at radius 2 is 2.33 bits per heavy atom. The molecule has 2 rings (SSSR count). The highest BCUT2D eigenvalue weighted by molar-refractivity contribution is 5.23. The number of hydrogen-bond donors (Lipinski definition) is 2. The molecule has 0 spiro atoms. The zero-order valence-electron chi connectivity index (χ0n) is 10.4. The summed E-state index contributed by atoms with van der Waals surface area (Å²) in [4.78, 5) is 15.5. The summed E-state index contributed by atoms with van der Waals surface area (Å²) in [6, 6.07) is 1.27. The molecule has 1 aliphatic rings. The van der Waals surface area contributed by atoms with Crippen LogP contribution in [-0.2, 0) is 9.47 Å². The summed E-state index contributed by atoms with van der Waals surface area (Å²) < 4.78 is 12.5. The van der Waals surface area contributed by atoms with E-state index in [9.17, 15) is 4.79 Å². The minimum Gasteiger partial charge on any atom is -0.383 e. The number of ether oxygens (including phenoxy) is 2. The van der Waals surface area contributed by atoms with Crippen LogP contribution in [0, 0.1) is 0 Å². The van der Waals surface area contributed by atoms with Crippen molar-refractivity contribution in [2.75, 3.05) is 12.8 Å². The highest BCUT2D eigenvalue weighted by Crippen LogP contribution is 2.30. The molecule has 7 heteroatoms. The third-order valence-corrected chi connectivity index (χ3v) is 3.20. The van der Waals surface area contributed by atoms with Gasteiger partial charge in [-0.2, -0.15) is 4.98 Å². The molecule has 2 heterocycles. The molecule has 18 heavy (non-hydrogen) atoms. The maximum absolute atomic E-state index is 11.8. The van der Waals surface area contributed by atoms with Crippen molar-refractivity contribution >= 4 is 5.82 Å². The number of aromatic nitrogens is 2. The summed E-state index contributed by atoms with van der Waals surface area (Å²) in [6.07, 6.45) is 1.24. The van der Waals surface area contributed by atoms with Gasteiger partial charge in [-0.3, -0.25) is 4.57 Å². The molecule has 1 aromatic rings. The number of nitrogens with zero attached hydrogens (tertiary/aromatic N) is 2. The molecule has 0 radical (unpaired) electrons. The molecule has 1 fully saturated rings. The van der Waals surface area contributed by atoms with Crippen molar-refractivity contribution in [3.8, 4) is 0 Å². The molecule has 4 N–H and O–H groups in total. The highest BCUT2D eigenvalue weighted by Gasteiger charge is 2.43. The second-order valence-electron chi connectivity index (χ2n) is 4.29. The van der Waals surface area contributed by atoms with Crippen LogP contribution in [0.5, 0.6) is 0 Å². The van der Waals surface area contributed by atoms with Crippen LogP contribution >= 0.6 is 0 Å². The monoisotopic (exact) mass is 254 g/mol. The maximum Gasteiger partial charge on any atom is 0.351 e. The molecule has 4 atom stereocenters. The van der Waals surface area contributed by atoms with Gasteiger partial charge in [0.2, 0.25) is 0 Å². The summed E-state index contributed by atoms with van der Waals surface area (Å²) in [5, 5.41) is 0. The lowest BCUT2D eigenvalue weighted by atomic mass is 10.1. The second-order valence-corrected chi connectivity index (χ2v) is 4.29. The normalized spacial score (nSPS) is 31.7. The first-order valence-corrected chi connectivity index (χ1v) is 5.87. The minimum atomic E-state index is -0.560. The molecule has 100 valence electrons. The topological polar surface area (TPSA) is 105 Å². The summed E-state index contributed by atoms with van der Waals surface area (Å²) in [7, 11) is 1.55. The Morgan fingerprint density at radius 1 is 1.61 bits per heavy atom. The van der Waals surface area contributed by atoms with E-state index in [1.807, 2.05) is 6.92 Å². The van der Waals surface area contributed by atoms with Crippen molar-refractivity contribution in [3.05, 3.63) is 22.7 Å². The number of nitrogen functional groups attached to an aromatic ring is 1. The molecular weight excluding hydrogens is 236 g/mol. The lowest BCUT2D eigenvalue weighted by molar-refractivity contribution is -0.0527. The lowest BCUT2D eigenvalue weighted by Gasteiger charge is -2.20. The van der Waals surface area contributed by atoms with Crippen LogP contribution in [-0.4, -0.2) is 34.9 Å². The van der Waals surface area contributed by atoms with Crippen LogP contribution in [0.1, 0.15) is 19.6 Å². The van der Waals surface area contributed by atoms with Crippen LogP contribution in [0.25, 0.3) is 0 Å². The van der Waals surface area contributed by atoms with E-state index in [2.05, 4.69) is 4.98 Å². The van der Waals surface area contributed by atoms with Gasteiger partial charge in [-0.05, 0) is 12.5 Å². The molecule has 0 aliphatic carbocycles. The SMILES string of the molecule is CC[C@H]1O[C@@H](n2ccc(N)nc2=O)C(OC)[C@H]1N. The molecule has 7 nitrogen and oxygen atoms in total. The smallest absolute Gasteiger partial charge is 0.351 e. The van der Waals surface area contributed by atoms with Gasteiger partial charge in [-0.15, -0.1) is 0 Å². The van der Waals surface area contributed by atoms with E-state index in [0.717, 1.165) is 6.42 Å². The number of hydrogen-bond acceptors (Lipinski definition) is 6. The van der Waals surface area contributed by atoms with Gasteiger partial charge in [0.05, 0.1) is 12.1 Å². The van der Waals surface area contributed by atoms with Crippen molar-refractivity contribution in [3.63, 3.8) is 0 Å². The molecule has 0 amide bonds. The van der Waals surface area contributed by atoms with Crippen LogP contribution < -0.4 is 17.2 Å². The Bertz CT molecular complexity index is 476. The molecular formula is C11H18N4O3. The Balaban J connectivity index is 2.35. The summed E-state index contributed by atoms with van der Waals surface area (Å²) in [6.45, 7) is 1.98. The zero-order valence-corrected chi connectivity index (χ0v) is 10.4. The van der Waals surface area contributed by atoms with E-state index in [1.54, 1.807) is 19.4 Å². The maximum atomic E-state index is 11.8. The van der Waals surface area contributed by atoms with Crippen molar-refractivity contribution in [2.45, 2.75) is 37.8 Å². The summed E-state index contributed by atoms with van der Waals surface area (Å²) in [5.74, 6) is 0.180. The average Bonchev–Trinajstić information content (AvgIpc) is 2.65. The Hall–Kier alpha value is -1.44. The molecule has 1 unspecified atom stereocenters. The molecule has 0 bridgehead atoms. The molecule has 1 aliphatic heterocycles. The van der Waals surface area contributed by atoms with Gasteiger partial charge in [0.15, 0.2) is 6.23 Å². The molecule has 0 saturated carbocycles. The van der Waals surface area contributed by atoms with Crippen molar-refractivity contribution in [2.24, 2.45) is 5.73 Å². The largest absolute Gasteiger partial charge is 0.383 e. The fourth-order valence-electron chi connectivity index (χ4n) is 2.23. The van der Waals surface area contributed by atoms with E-state index >= 15 is 0 Å². The van der Waals surface area contributed by atoms with Crippen molar-refractivity contribution < 1.29 is 9.47 Å². The average molecular weight is 254 g/mol. The molecule has 0 aromatic carbocycles. The fraction of sp³-hybridized carbons (Fsp3) is 0.636. The molecule has 1 saturated heterocycles. The third kappa shape index (κ3) is 2.12. The van der Waals surface area contributed by atoms with Crippen LogP contribution in [0.15, 0.2) is 17.1 Å². The van der Waals surface area contributed by atoms with E-state index < -0.39 is 11.9 Å². The summed E-state index contributed by atoms with van der Waals surface area (Å²) >= 11 is 0. The van der Waals surface area contributed by atoms with Gasteiger partial charge in [-0.25, -0.2) is 4.79 Å². The number of methoxy groups -OCH3 is 1. The van der Waals surface area contributed by atoms with E-state index in [4.69, 9.17) is 20.9 Å². The van der Waals surface area contributed by atoms with Gasteiger partial charge in [-0.1, -0.05) is 6.92 Å². The number of anilines is 1. The number of nitrogens with two attached hydrogens (primary N) is 2. The van der Waals surface area contributed by atoms with Gasteiger partial charge in [0.1, 0.15) is 11.9 Å². The zero-order chi connectivity index (χ0) is 13.3. The Morgan fingerprint density at radius 3 is 2.89 bits per heavy atom. The van der Waals surface area contributed by atoms with Crippen molar-refractivity contribution in [1.82, 2.24) is 9.55 Å². The highest BCUT2D eigenvalue weighted by atomic mass is 16.6. The third-order valence-electron chi connectivity index (χ3n) is 3.20. The van der Waals surface area contributed by atoms with Gasteiger partial charge >= 0.3 is 5.69 Å². The van der Waals surface area contributed by atoms with E-state index in [-0.39, 0.29) is 24.1 Å². The van der Waals surface area contributed by atoms with Gasteiger partial charge in [0.25, 0.3) is 0 Å². The van der Waals surface area contributed by atoms with Crippen molar-refractivity contribution in [1.29, 1.82) is 0 Å². The van der Waals surface area contributed by atoms with Crippen LogP contribution in [0.2, 0.25) is 0 Å². The summed E-state index contributed by atoms with van der Waals surface area (Å²) in [5.41, 5.74) is 11.0.